The first-order chi connectivity index (χ1) is 13.2. The lowest BCUT2D eigenvalue weighted by Gasteiger charge is -2.42. The average molecular weight is 371 g/mol. The highest BCUT2D eigenvalue weighted by molar-refractivity contribution is 5.89. The molecule has 3 fully saturated rings. The van der Waals surface area contributed by atoms with Crippen LogP contribution in [0.3, 0.4) is 0 Å². The molecule has 2 aromatic rings. The molecule has 5 heterocycles. The zero-order valence-corrected chi connectivity index (χ0v) is 16.2. The monoisotopic (exact) mass is 370 g/mol. The van der Waals surface area contributed by atoms with Crippen molar-refractivity contribution in [1.82, 2.24) is 24.8 Å². The number of rotatable bonds is 3. The van der Waals surface area contributed by atoms with E-state index in [0.717, 1.165) is 49.1 Å². The molecule has 0 aromatic carbocycles. The quantitative estimate of drug-likeness (QED) is 0.862. The van der Waals surface area contributed by atoms with Crippen molar-refractivity contribution in [2.45, 2.75) is 63.3 Å². The molecule has 5 rings (SSSR count). The van der Waals surface area contributed by atoms with E-state index in [9.17, 15) is 0 Å². The Morgan fingerprint density at radius 3 is 2.96 bits per heavy atom. The number of nitrogens with zero attached hydrogens (tertiary/aromatic N) is 4. The zero-order valence-electron chi connectivity index (χ0n) is 16.2. The summed E-state index contributed by atoms with van der Waals surface area (Å²) in [6.07, 6.45) is 11.4. The van der Waals surface area contributed by atoms with Gasteiger partial charge in [-0.1, -0.05) is 0 Å². The molecule has 3 N–H and O–H groups in total. The summed E-state index contributed by atoms with van der Waals surface area (Å²) >= 11 is 0. The van der Waals surface area contributed by atoms with Crippen LogP contribution in [0.15, 0.2) is 12.5 Å². The van der Waals surface area contributed by atoms with Crippen LogP contribution in [-0.2, 0) is 4.74 Å². The van der Waals surface area contributed by atoms with Crippen molar-refractivity contribution in [2.75, 3.05) is 31.9 Å². The minimum Gasteiger partial charge on any atom is -0.383 e. The molecule has 146 valence electrons. The van der Waals surface area contributed by atoms with Crippen molar-refractivity contribution in [3.63, 3.8) is 0 Å². The summed E-state index contributed by atoms with van der Waals surface area (Å²) < 4.78 is 8.67. The van der Waals surface area contributed by atoms with Gasteiger partial charge in [-0.2, -0.15) is 0 Å². The molecule has 0 aliphatic carbocycles. The van der Waals surface area contributed by atoms with Gasteiger partial charge in [0.2, 0.25) is 0 Å². The van der Waals surface area contributed by atoms with E-state index in [1.54, 1.807) is 6.33 Å². The van der Waals surface area contributed by atoms with Crippen LogP contribution in [0.5, 0.6) is 0 Å². The highest BCUT2D eigenvalue weighted by Gasteiger charge is 2.43. The fraction of sp³-hybridized carbons (Fsp3) is 0.700. The van der Waals surface area contributed by atoms with Gasteiger partial charge < -0.3 is 20.4 Å². The average Bonchev–Trinajstić information content (AvgIpc) is 3.36. The van der Waals surface area contributed by atoms with E-state index in [2.05, 4.69) is 37.9 Å². The first-order valence-electron chi connectivity index (χ1n) is 10.4. The van der Waals surface area contributed by atoms with Crippen LogP contribution in [0.2, 0.25) is 0 Å². The summed E-state index contributed by atoms with van der Waals surface area (Å²) in [4.78, 5) is 11.4. The van der Waals surface area contributed by atoms with Gasteiger partial charge in [-0.3, -0.25) is 4.90 Å². The van der Waals surface area contributed by atoms with Crippen LogP contribution >= 0.6 is 0 Å². The molecular formula is C20H30N6O. The zero-order chi connectivity index (χ0) is 18.4. The number of hydrogen-bond acceptors (Lipinski definition) is 6. The van der Waals surface area contributed by atoms with Gasteiger partial charge in [-0.25, -0.2) is 9.97 Å². The van der Waals surface area contributed by atoms with Crippen molar-refractivity contribution in [2.24, 2.45) is 0 Å². The predicted octanol–water partition coefficient (Wildman–Crippen LogP) is 2.22. The molecule has 0 radical (unpaired) electrons. The molecule has 7 heteroatoms. The predicted molar refractivity (Wildman–Crippen MR) is 105 cm³/mol. The molecular weight excluding hydrogens is 340 g/mol. The Morgan fingerprint density at radius 2 is 2.11 bits per heavy atom. The molecule has 0 amide bonds. The van der Waals surface area contributed by atoms with Crippen molar-refractivity contribution < 1.29 is 4.74 Å². The Kier molecular flexibility index (Phi) is 4.33. The van der Waals surface area contributed by atoms with Gasteiger partial charge in [0.05, 0.1) is 11.5 Å². The third-order valence-corrected chi connectivity index (χ3v) is 6.92. The first-order valence-corrected chi connectivity index (χ1v) is 10.4. The maximum Gasteiger partial charge on any atom is 0.147 e. The number of anilines is 1. The third kappa shape index (κ3) is 2.92. The number of ether oxygens (including phenoxy) is 1. The minimum absolute atomic E-state index is 0.0482. The third-order valence-electron chi connectivity index (χ3n) is 6.92. The number of aromatic nitrogens is 3. The summed E-state index contributed by atoms with van der Waals surface area (Å²) in [5.74, 6) is 0.552. The van der Waals surface area contributed by atoms with E-state index in [1.807, 2.05) is 0 Å². The molecule has 3 saturated heterocycles. The number of piperidine rings is 1. The molecule has 27 heavy (non-hydrogen) atoms. The van der Waals surface area contributed by atoms with E-state index in [0.29, 0.717) is 17.5 Å². The molecule has 2 atom stereocenters. The molecule has 2 aromatic heterocycles. The Bertz CT molecular complexity index is 827. The van der Waals surface area contributed by atoms with Gasteiger partial charge in [0.1, 0.15) is 24.0 Å². The van der Waals surface area contributed by atoms with Gasteiger partial charge in [0.15, 0.2) is 0 Å². The topological polar surface area (TPSA) is 81.2 Å². The molecule has 1 spiro atoms. The lowest BCUT2D eigenvalue weighted by molar-refractivity contribution is -0.0277. The van der Waals surface area contributed by atoms with Crippen LogP contribution in [-0.4, -0.2) is 57.3 Å². The molecule has 0 saturated carbocycles. The van der Waals surface area contributed by atoms with E-state index >= 15 is 0 Å². The maximum absolute atomic E-state index is 6.51. The number of nitrogen functional groups attached to an aromatic ring is 1. The Hall–Kier alpha value is -1.70. The molecule has 7 nitrogen and oxygen atoms in total. The van der Waals surface area contributed by atoms with E-state index < -0.39 is 0 Å². The van der Waals surface area contributed by atoms with E-state index in [4.69, 9.17) is 10.5 Å². The molecule has 3 aliphatic rings. The smallest absolute Gasteiger partial charge is 0.147 e. The summed E-state index contributed by atoms with van der Waals surface area (Å²) in [5, 5.41) is 4.48. The number of nitrogens with one attached hydrogen (secondary N) is 1. The van der Waals surface area contributed by atoms with Gasteiger partial charge in [0, 0.05) is 18.3 Å². The number of likely N-dealkylation sites (tertiary alicyclic amines) is 1. The largest absolute Gasteiger partial charge is 0.383 e. The van der Waals surface area contributed by atoms with Gasteiger partial charge >= 0.3 is 0 Å². The van der Waals surface area contributed by atoms with Crippen LogP contribution in [0.1, 0.15) is 50.3 Å². The second-order valence-electron chi connectivity index (χ2n) is 8.49. The summed E-state index contributed by atoms with van der Waals surface area (Å²) in [5.41, 5.74) is 8.49. The summed E-state index contributed by atoms with van der Waals surface area (Å²) in [6, 6.07) is 0. The lowest BCUT2D eigenvalue weighted by Crippen LogP contribution is -2.52. The minimum atomic E-state index is 0.0482. The van der Waals surface area contributed by atoms with Gasteiger partial charge in [0.25, 0.3) is 0 Å². The Morgan fingerprint density at radius 1 is 1.26 bits per heavy atom. The van der Waals surface area contributed by atoms with Crippen molar-refractivity contribution in [3.05, 3.63) is 18.1 Å². The summed E-state index contributed by atoms with van der Waals surface area (Å²) in [6.45, 7) is 6.66. The summed E-state index contributed by atoms with van der Waals surface area (Å²) in [7, 11) is 0. The van der Waals surface area contributed by atoms with Crippen LogP contribution in [0.4, 0.5) is 5.82 Å². The van der Waals surface area contributed by atoms with Crippen molar-refractivity contribution in [1.29, 1.82) is 0 Å². The Balaban J connectivity index is 1.32. The first kappa shape index (κ1) is 17.4. The number of nitrogens with two attached hydrogens (primary N) is 1. The van der Waals surface area contributed by atoms with E-state index in [1.165, 1.54) is 32.2 Å². The van der Waals surface area contributed by atoms with Gasteiger partial charge in [-0.15, -0.1) is 0 Å². The molecule has 0 bridgehead atoms. The second kappa shape index (κ2) is 6.72. The number of fused-ring (bicyclic) bond motifs is 1. The van der Waals surface area contributed by atoms with Crippen LogP contribution in [0.25, 0.3) is 11.0 Å². The maximum atomic E-state index is 6.51. The lowest BCUT2D eigenvalue weighted by atomic mass is 9.85. The molecule has 3 aliphatic heterocycles. The number of aryl methyl sites for hydroxylation is 1. The van der Waals surface area contributed by atoms with Crippen molar-refractivity contribution in [3.8, 4) is 0 Å². The standard InChI is InChI=1S/C20H30N6O/c1-14-11-26(19-17(14)18(21)23-13-24-19)16-4-3-15(27-16)12-25-10-2-5-20(25)6-8-22-9-7-20/h11,13,15-16,22H,2-10,12H2,1H3,(H2,21,23,24). The highest BCUT2D eigenvalue weighted by atomic mass is 16.5. The SMILES string of the molecule is Cc1cn(C2CCC(CN3CCCC34CCNCC4)O2)c2ncnc(N)c12. The fourth-order valence-corrected chi connectivity index (χ4v) is 5.53. The van der Waals surface area contributed by atoms with Crippen LogP contribution < -0.4 is 11.1 Å². The second-order valence-corrected chi connectivity index (χ2v) is 8.49. The number of hydrogen-bond donors (Lipinski definition) is 2. The Labute approximate surface area is 160 Å². The fourth-order valence-electron chi connectivity index (χ4n) is 5.53. The van der Waals surface area contributed by atoms with Crippen LogP contribution in [0, 0.1) is 6.92 Å². The molecule has 2 unspecified atom stereocenters. The van der Waals surface area contributed by atoms with Gasteiger partial charge in [-0.05, 0) is 70.6 Å². The highest BCUT2D eigenvalue weighted by Crippen LogP contribution is 2.39. The van der Waals surface area contributed by atoms with E-state index in [-0.39, 0.29) is 6.23 Å². The van der Waals surface area contributed by atoms with Crippen molar-refractivity contribution >= 4 is 16.9 Å². The normalized spacial score (nSPS) is 28.5.